The number of nitrogens with zero attached hydrogens (tertiary/aromatic N) is 1. The average molecular weight is 287 g/mol. The van der Waals surface area contributed by atoms with Gasteiger partial charge in [0.2, 0.25) is 0 Å². The van der Waals surface area contributed by atoms with Gasteiger partial charge in [0.15, 0.2) is 0 Å². The molecule has 2 rings (SSSR count). The number of carboxylic acids is 1. The highest BCUT2D eigenvalue weighted by Gasteiger charge is 2.05. The van der Waals surface area contributed by atoms with Gasteiger partial charge in [0.25, 0.3) is 0 Å². The van der Waals surface area contributed by atoms with E-state index < -0.39 is 5.97 Å². The fourth-order valence-corrected chi connectivity index (χ4v) is 1.97. The number of hydrogen-bond acceptors (Lipinski definition) is 3. The molecule has 0 aliphatic carbocycles. The molecule has 0 radical (unpaired) electrons. The number of amides is 2. The van der Waals surface area contributed by atoms with E-state index in [4.69, 9.17) is 5.11 Å². The fraction of sp³-hybridized carbons (Fsp3) is 0.267. The van der Waals surface area contributed by atoms with E-state index in [-0.39, 0.29) is 12.5 Å². The van der Waals surface area contributed by atoms with Crippen LogP contribution in [0.15, 0.2) is 36.5 Å². The van der Waals surface area contributed by atoms with Gasteiger partial charge in [-0.25, -0.2) is 4.79 Å². The summed E-state index contributed by atoms with van der Waals surface area (Å²) in [6, 6.07) is 9.03. The number of pyridine rings is 1. The third-order valence-corrected chi connectivity index (χ3v) is 2.98. The SMILES string of the molecule is O=C(O)CCCCNC(=O)Nc1cccc2cccnc12. The molecular formula is C15H17N3O3. The third-order valence-electron chi connectivity index (χ3n) is 2.98. The number of unbranched alkanes of at least 4 members (excludes halogenated alkanes) is 1. The van der Waals surface area contributed by atoms with Gasteiger partial charge >= 0.3 is 12.0 Å². The molecule has 6 heteroatoms. The van der Waals surface area contributed by atoms with Crippen molar-refractivity contribution in [3.8, 4) is 0 Å². The standard InChI is InChI=1S/C15H17N3O3/c19-13(20)8-1-2-9-17-15(21)18-12-7-3-5-11-6-4-10-16-14(11)12/h3-7,10H,1-2,8-9H2,(H,19,20)(H2,17,18,21). The number of aliphatic carboxylic acids is 1. The van der Waals surface area contributed by atoms with Crippen LogP contribution in [-0.4, -0.2) is 28.6 Å². The van der Waals surface area contributed by atoms with Crippen molar-refractivity contribution >= 4 is 28.6 Å². The minimum absolute atomic E-state index is 0.122. The Bertz CT molecular complexity index is 638. The zero-order chi connectivity index (χ0) is 15.1. The molecule has 110 valence electrons. The van der Waals surface area contributed by atoms with Crippen molar-refractivity contribution in [2.24, 2.45) is 0 Å². The summed E-state index contributed by atoms with van der Waals surface area (Å²) in [6.45, 7) is 0.442. The number of carbonyl (C=O) groups excluding carboxylic acids is 1. The van der Waals surface area contributed by atoms with Crippen LogP contribution in [-0.2, 0) is 4.79 Å². The molecule has 0 aliphatic rings. The Hall–Kier alpha value is -2.63. The molecule has 0 aliphatic heterocycles. The number of fused-ring (bicyclic) bond motifs is 1. The Labute approximate surface area is 122 Å². The first-order valence-corrected chi connectivity index (χ1v) is 6.77. The maximum atomic E-state index is 11.8. The van der Waals surface area contributed by atoms with Crippen molar-refractivity contribution in [2.75, 3.05) is 11.9 Å². The summed E-state index contributed by atoms with van der Waals surface area (Å²) in [7, 11) is 0. The van der Waals surface area contributed by atoms with Gasteiger partial charge in [-0.15, -0.1) is 0 Å². The maximum Gasteiger partial charge on any atom is 0.319 e. The maximum absolute atomic E-state index is 11.8. The Morgan fingerprint density at radius 1 is 1.14 bits per heavy atom. The Balaban J connectivity index is 1.86. The topological polar surface area (TPSA) is 91.3 Å². The number of benzene rings is 1. The Kier molecular flexibility index (Phi) is 5.09. The predicted octanol–water partition coefficient (Wildman–Crippen LogP) is 2.61. The van der Waals surface area contributed by atoms with Gasteiger partial charge in [0, 0.05) is 24.5 Å². The normalized spacial score (nSPS) is 10.3. The van der Waals surface area contributed by atoms with Crippen LogP contribution in [0.2, 0.25) is 0 Å². The van der Waals surface area contributed by atoms with E-state index in [1.807, 2.05) is 24.3 Å². The molecule has 2 aromatic rings. The molecule has 0 saturated carbocycles. The first-order valence-electron chi connectivity index (χ1n) is 6.77. The van der Waals surface area contributed by atoms with E-state index in [0.29, 0.717) is 25.1 Å². The van der Waals surface area contributed by atoms with Crippen molar-refractivity contribution in [3.05, 3.63) is 36.5 Å². The number of hydrogen-bond donors (Lipinski definition) is 3. The van der Waals surface area contributed by atoms with E-state index in [2.05, 4.69) is 15.6 Å². The fourth-order valence-electron chi connectivity index (χ4n) is 1.97. The molecule has 0 atom stereocenters. The molecule has 1 heterocycles. The van der Waals surface area contributed by atoms with Crippen molar-refractivity contribution in [1.82, 2.24) is 10.3 Å². The molecule has 2 amide bonds. The lowest BCUT2D eigenvalue weighted by atomic mass is 10.2. The van der Waals surface area contributed by atoms with Crippen LogP contribution in [0.4, 0.5) is 10.5 Å². The van der Waals surface area contributed by atoms with Gasteiger partial charge < -0.3 is 15.7 Å². The van der Waals surface area contributed by atoms with Gasteiger partial charge in [-0.1, -0.05) is 18.2 Å². The molecule has 1 aromatic carbocycles. The molecule has 6 nitrogen and oxygen atoms in total. The zero-order valence-electron chi connectivity index (χ0n) is 11.5. The Morgan fingerprint density at radius 3 is 2.76 bits per heavy atom. The summed E-state index contributed by atoms with van der Waals surface area (Å²) < 4.78 is 0. The second-order valence-corrected chi connectivity index (χ2v) is 4.61. The Morgan fingerprint density at radius 2 is 1.95 bits per heavy atom. The summed E-state index contributed by atoms with van der Waals surface area (Å²) in [5.74, 6) is -0.818. The second-order valence-electron chi connectivity index (χ2n) is 4.61. The molecule has 0 saturated heterocycles. The summed E-state index contributed by atoms with van der Waals surface area (Å²) >= 11 is 0. The quantitative estimate of drug-likeness (QED) is 0.712. The molecule has 1 aromatic heterocycles. The molecule has 0 bridgehead atoms. The first-order chi connectivity index (χ1) is 10.2. The van der Waals surface area contributed by atoms with Crippen molar-refractivity contribution in [2.45, 2.75) is 19.3 Å². The molecule has 21 heavy (non-hydrogen) atoms. The highest BCUT2D eigenvalue weighted by molar-refractivity contribution is 5.99. The highest BCUT2D eigenvalue weighted by Crippen LogP contribution is 2.20. The van der Waals surface area contributed by atoms with Crippen LogP contribution in [0.5, 0.6) is 0 Å². The molecule has 0 fully saturated rings. The first kappa shape index (κ1) is 14.8. The van der Waals surface area contributed by atoms with E-state index in [1.165, 1.54) is 0 Å². The number of rotatable bonds is 6. The summed E-state index contributed by atoms with van der Waals surface area (Å²) in [6.07, 6.45) is 2.98. The number of nitrogens with one attached hydrogen (secondary N) is 2. The van der Waals surface area contributed by atoms with Crippen LogP contribution >= 0.6 is 0 Å². The zero-order valence-corrected chi connectivity index (χ0v) is 11.5. The van der Waals surface area contributed by atoms with E-state index in [0.717, 1.165) is 10.9 Å². The van der Waals surface area contributed by atoms with Gasteiger partial charge in [-0.2, -0.15) is 0 Å². The number of aromatic nitrogens is 1. The van der Waals surface area contributed by atoms with E-state index in [9.17, 15) is 9.59 Å². The largest absolute Gasteiger partial charge is 0.481 e. The number of carboxylic acid groups (broad SMARTS) is 1. The van der Waals surface area contributed by atoms with Gasteiger partial charge in [0.1, 0.15) is 0 Å². The van der Waals surface area contributed by atoms with Crippen LogP contribution in [0.1, 0.15) is 19.3 Å². The van der Waals surface area contributed by atoms with E-state index in [1.54, 1.807) is 12.3 Å². The molecule has 0 spiro atoms. The van der Waals surface area contributed by atoms with Gasteiger partial charge in [0.05, 0.1) is 11.2 Å². The van der Waals surface area contributed by atoms with Crippen LogP contribution in [0.3, 0.4) is 0 Å². The van der Waals surface area contributed by atoms with Crippen LogP contribution < -0.4 is 10.6 Å². The lowest BCUT2D eigenvalue weighted by Gasteiger charge is -2.09. The number of carbonyl (C=O) groups is 2. The monoisotopic (exact) mass is 287 g/mol. The average Bonchev–Trinajstić information content (AvgIpc) is 2.47. The van der Waals surface area contributed by atoms with Gasteiger partial charge in [-0.05, 0) is 25.0 Å². The minimum atomic E-state index is -0.818. The molecule has 0 unspecified atom stereocenters. The summed E-state index contributed by atoms with van der Waals surface area (Å²) in [5, 5.41) is 14.9. The van der Waals surface area contributed by atoms with E-state index >= 15 is 0 Å². The number of para-hydroxylation sites is 1. The summed E-state index contributed by atoms with van der Waals surface area (Å²) in [5.41, 5.74) is 1.39. The van der Waals surface area contributed by atoms with Crippen molar-refractivity contribution in [3.63, 3.8) is 0 Å². The summed E-state index contributed by atoms with van der Waals surface area (Å²) in [4.78, 5) is 26.4. The number of urea groups is 1. The predicted molar refractivity (Wildman–Crippen MR) is 80.3 cm³/mol. The molecular weight excluding hydrogens is 270 g/mol. The molecule has 3 N–H and O–H groups in total. The van der Waals surface area contributed by atoms with Crippen LogP contribution in [0.25, 0.3) is 10.9 Å². The minimum Gasteiger partial charge on any atom is -0.481 e. The van der Waals surface area contributed by atoms with Gasteiger partial charge in [-0.3, -0.25) is 9.78 Å². The lowest BCUT2D eigenvalue weighted by molar-refractivity contribution is -0.137. The lowest BCUT2D eigenvalue weighted by Crippen LogP contribution is -2.29. The number of anilines is 1. The third kappa shape index (κ3) is 4.45. The second kappa shape index (κ2) is 7.23. The van der Waals surface area contributed by atoms with Crippen molar-refractivity contribution in [1.29, 1.82) is 0 Å². The smallest absolute Gasteiger partial charge is 0.319 e. The van der Waals surface area contributed by atoms with Crippen molar-refractivity contribution < 1.29 is 14.7 Å². The highest BCUT2D eigenvalue weighted by atomic mass is 16.4. The van der Waals surface area contributed by atoms with Crippen LogP contribution in [0, 0.1) is 0 Å².